The number of alkyl halides is 1. The maximum atomic E-state index is 13.0. The third-order valence-electron chi connectivity index (χ3n) is 6.43. The van der Waals surface area contributed by atoms with E-state index in [4.69, 9.17) is 21.4 Å². The van der Waals surface area contributed by atoms with Gasteiger partial charge in [-0.2, -0.15) is 5.10 Å². The fourth-order valence-electron chi connectivity index (χ4n) is 4.50. The van der Waals surface area contributed by atoms with E-state index in [-0.39, 0.29) is 29.2 Å². The lowest BCUT2D eigenvalue weighted by Crippen LogP contribution is -2.38. The quantitative estimate of drug-likeness (QED) is 0.460. The summed E-state index contributed by atoms with van der Waals surface area (Å²) >= 11 is 5.67. The average molecular weight is 500 g/mol. The van der Waals surface area contributed by atoms with Crippen LogP contribution in [-0.4, -0.2) is 45.2 Å². The topological polar surface area (TPSA) is 107 Å². The summed E-state index contributed by atoms with van der Waals surface area (Å²) in [5.41, 5.74) is 0.961. The fourth-order valence-corrected chi connectivity index (χ4v) is 4.63. The first kappa shape index (κ1) is 24.8. The average Bonchev–Trinajstić information content (AvgIpc) is 3.28. The van der Waals surface area contributed by atoms with Crippen molar-refractivity contribution in [3.05, 3.63) is 52.6 Å². The number of rotatable bonds is 8. The first-order valence-electron chi connectivity index (χ1n) is 11.8. The van der Waals surface area contributed by atoms with Gasteiger partial charge in [-0.25, -0.2) is 0 Å². The van der Waals surface area contributed by atoms with Crippen molar-refractivity contribution in [1.82, 2.24) is 19.7 Å². The number of hydrogen-bond acceptors (Lipinski definition) is 5. The molecule has 0 aliphatic heterocycles. The number of halogens is 1. The fraction of sp³-hybridized carbons (Fsp3) is 0.440. The Kier molecular flexibility index (Phi) is 7.75. The summed E-state index contributed by atoms with van der Waals surface area (Å²) in [7, 11) is 3.13. The van der Waals surface area contributed by atoms with Gasteiger partial charge in [0, 0.05) is 49.2 Å². The molecule has 0 spiro atoms. The number of carbonyl (C=O) groups is 2. The van der Waals surface area contributed by atoms with Gasteiger partial charge in [-0.15, -0.1) is 11.6 Å². The van der Waals surface area contributed by atoms with Gasteiger partial charge in [-0.05, 0) is 50.3 Å². The second-order valence-corrected chi connectivity index (χ2v) is 9.26. The van der Waals surface area contributed by atoms with Gasteiger partial charge >= 0.3 is 0 Å². The van der Waals surface area contributed by atoms with Crippen molar-refractivity contribution >= 4 is 40.0 Å². The summed E-state index contributed by atoms with van der Waals surface area (Å²) in [6.07, 6.45) is 8.29. The molecule has 2 N–H and O–H groups in total. The lowest BCUT2D eigenvalue weighted by Gasteiger charge is -2.29. The van der Waals surface area contributed by atoms with Crippen LogP contribution in [0.4, 0.5) is 5.69 Å². The summed E-state index contributed by atoms with van der Waals surface area (Å²) in [5.74, 6) is 0.512. The molecule has 1 aromatic carbocycles. The zero-order chi connectivity index (χ0) is 24.9. The summed E-state index contributed by atoms with van der Waals surface area (Å²) < 4.78 is 8.81. The van der Waals surface area contributed by atoms with E-state index in [1.54, 1.807) is 37.5 Å². The number of fused-ring (bicyclic) bond motifs is 1. The number of methoxy groups -OCH3 is 1. The molecule has 1 saturated carbocycles. The van der Waals surface area contributed by atoms with Crippen LogP contribution in [0.1, 0.15) is 54.9 Å². The van der Waals surface area contributed by atoms with Crippen molar-refractivity contribution in [3.63, 3.8) is 0 Å². The van der Waals surface area contributed by atoms with Crippen molar-refractivity contribution in [2.24, 2.45) is 7.05 Å². The molecule has 2 heterocycles. The minimum Gasteiger partial charge on any atom is -0.496 e. The lowest BCUT2D eigenvalue weighted by atomic mass is 9.91. The molecule has 0 atom stereocenters. The Morgan fingerprint density at radius 2 is 2.00 bits per heavy atom. The lowest BCUT2D eigenvalue weighted by molar-refractivity contribution is -0.122. The summed E-state index contributed by atoms with van der Waals surface area (Å²) in [6.45, 7) is 0. The number of benzene rings is 1. The molecular formula is C25H30ClN5O4. The monoisotopic (exact) mass is 499 g/mol. The van der Waals surface area contributed by atoms with Gasteiger partial charge in [0.05, 0.1) is 24.2 Å². The molecule has 2 amide bonds. The van der Waals surface area contributed by atoms with Crippen molar-refractivity contribution in [3.8, 4) is 5.75 Å². The molecule has 3 aromatic rings. The zero-order valence-corrected chi connectivity index (χ0v) is 20.7. The van der Waals surface area contributed by atoms with Crippen LogP contribution in [0.25, 0.3) is 10.9 Å². The Bertz CT molecular complexity index is 1280. The maximum absolute atomic E-state index is 13.0. The van der Waals surface area contributed by atoms with Gasteiger partial charge in [-0.1, -0.05) is 0 Å². The molecule has 1 aliphatic rings. The van der Waals surface area contributed by atoms with E-state index in [0.29, 0.717) is 30.0 Å². The number of aromatic nitrogens is 3. The first-order valence-corrected chi connectivity index (χ1v) is 12.3. The Balaban J connectivity index is 1.48. The zero-order valence-electron chi connectivity index (χ0n) is 19.9. The maximum Gasteiger partial charge on any atom is 0.274 e. The van der Waals surface area contributed by atoms with E-state index in [2.05, 4.69) is 10.6 Å². The molecule has 0 unspecified atom stereocenters. The third kappa shape index (κ3) is 5.67. The van der Waals surface area contributed by atoms with Crippen LogP contribution in [0.3, 0.4) is 0 Å². The number of aryl methyl sites for hydroxylation is 1. The highest BCUT2D eigenvalue weighted by atomic mass is 35.5. The number of carbonyl (C=O) groups excluding carboxylic acids is 2. The smallest absolute Gasteiger partial charge is 0.274 e. The van der Waals surface area contributed by atoms with Crippen LogP contribution in [-0.2, 0) is 11.8 Å². The van der Waals surface area contributed by atoms with E-state index >= 15 is 0 Å². The van der Waals surface area contributed by atoms with Crippen molar-refractivity contribution in [2.75, 3.05) is 18.3 Å². The van der Waals surface area contributed by atoms with Crippen LogP contribution in [0.2, 0.25) is 0 Å². The number of pyridine rings is 1. The molecular weight excluding hydrogens is 470 g/mol. The minimum atomic E-state index is -0.426. The van der Waals surface area contributed by atoms with Gasteiger partial charge in [0.25, 0.3) is 11.5 Å². The molecule has 0 radical (unpaired) electrons. The van der Waals surface area contributed by atoms with E-state index < -0.39 is 5.91 Å². The normalized spacial score (nSPS) is 17.8. The third-order valence-corrected chi connectivity index (χ3v) is 6.70. The molecule has 4 rings (SSSR count). The van der Waals surface area contributed by atoms with Gasteiger partial charge in [0.1, 0.15) is 11.4 Å². The van der Waals surface area contributed by atoms with Gasteiger partial charge in [0.15, 0.2) is 0 Å². The summed E-state index contributed by atoms with van der Waals surface area (Å²) in [6, 6.07) is 7.14. The molecule has 10 heteroatoms. The predicted octanol–water partition coefficient (Wildman–Crippen LogP) is 3.61. The van der Waals surface area contributed by atoms with Crippen LogP contribution in [0.5, 0.6) is 5.75 Å². The Labute approximate surface area is 208 Å². The number of amides is 2. The Hall–Kier alpha value is -3.33. The standard InChI is InChI=1S/C25H30ClN5O4/c1-30-12-4-5-20(25(30)34)28-24(33)19-13-16-15-31(29-21(16)14-22(19)35-2)18-9-7-17(8-10-18)27-23(32)6-3-11-26/h4-5,12-15,17-18H,3,6-11H2,1-2H3,(H,27,32)(H,28,33). The summed E-state index contributed by atoms with van der Waals surface area (Å²) in [5, 5.41) is 11.3. The SMILES string of the molecule is COc1cc2nn(C3CCC(NC(=O)CCCCl)CC3)cc2cc1C(=O)Nc1cccn(C)c1=O. The molecule has 0 bridgehead atoms. The molecule has 1 fully saturated rings. The van der Waals surface area contributed by atoms with Crippen LogP contribution >= 0.6 is 11.6 Å². The molecule has 1 aliphatic carbocycles. The van der Waals surface area contributed by atoms with E-state index in [1.165, 1.54) is 11.7 Å². The van der Waals surface area contributed by atoms with Gasteiger partial charge in [-0.3, -0.25) is 19.1 Å². The first-order chi connectivity index (χ1) is 16.9. The number of anilines is 1. The Morgan fingerprint density at radius 1 is 1.23 bits per heavy atom. The van der Waals surface area contributed by atoms with Crippen LogP contribution in [0.15, 0.2) is 41.5 Å². The number of nitrogens with one attached hydrogen (secondary N) is 2. The largest absolute Gasteiger partial charge is 0.496 e. The van der Waals surface area contributed by atoms with E-state index in [1.807, 2.05) is 10.9 Å². The highest BCUT2D eigenvalue weighted by Crippen LogP contribution is 2.31. The molecule has 9 nitrogen and oxygen atoms in total. The predicted molar refractivity (Wildman–Crippen MR) is 135 cm³/mol. The van der Waals surface area contributed by atoms with Crippen LogP contribution < -0.4 is 20.9 Å². The number of hydrogen-bond donors (Lipinski definition) is 2. The second-order valence-electron chi connectivity index (χ2n) is 8.88. The number of nitrogens with zero attached hydrogens (tertiary/aromatic N) is 3. The van der Waals surface area contributed by atoms with Crippen molar-refractivity contribution < 1.29 is 14.3 Å². The van der Waals surface area contributed by atoms with Crippen LogP contribution in [0, 0.1) is 0 Å². The van der Waals surface area contributed by atoms with E-state index in [9.17, 15) is 14.4 Å². The highest BCUT2D eigenvalue weighted by molar-refractivity contribution is 6.17. The van der Waals surface area contributed by atoms with E-state index in [0.717, 1.165) is 36.6 Å². The van der Waals surface area contributed by atoms with Crippen molar-refractivity contribution in [2.45, 2.75) is 50.6 Å². The highest BCUT2D eigenvalue weighted by Gasteiger charge is 2.25. The molecule has 35 heavy (non-hydrogen) atoms. The summed E-state index contributed by atoms with van der Waals surface area (Å²) in [4.78, 5) is 37.3. The molecule has 186 valence electrons. The van der Waals surface area contributed by atoms with Crippen molar-refractivity contribution in [1.29, 1.82) is 0 Å². The number of ether oxygens (including phenoxy) is 1. The second kappa shape index (κ2) is 10.9. The minimum absolute atomic E-state index is 0.0604. The molecule has 0 saturated heterocycles. The molecule has 2 aromatic heterocycles. The van der Waals surface area contributed by atoms with Gasteiger partial charge in [0.2, 0.25) is 5.91 Å². The van der Waals surface area contributed by atoms with Gasteiger partial charge < -0.3 is 19.9 Å². The Morgan fingerprint density at radius 3 is 2.71 bits per heavy atom.